The summed E-state index contributed by atoms with van der Waals surface area (Å²) in [6.45, 7) is 5.33. The number of benzene rings is 1. The van der Waals surface area contributed by atoms with E-state index in [1.54, 1.807) is 30.1 Å². The molecule has 1 aliphatic heterocycles. The van der Waals surface area contributed by atoms with E-state index in [2.05, 4.69) is 18.9 Å². The summed E-state index contributed by atoms with van der Waals surface area (Å²) in [5.74, 6) is -0.0913. The number of nitro groups is 1. The Morgan fingerprint density at radius 3 is 2.58 bits per heavy atom. The van der Waals surface area contributed by atoms with Crippen molar-refractivity contribution in [2.75, 3.05) is 13.1 Å². The lowest BCUT2D eigenvalue weighted by Crippen LogP contribution is -2.54. The Morgan fingerprint density at radius 2 is 2.00 bits per heavy atom. The Balaban J connectivity index is 1.92. The average molecular weight is 357 g/mol. The van der Waals surface area contributed by atoms with Crippen LogP contribution in [0.15, 0.2) is 30.5 Å². The van der Waals surface area contributed by atoms with Gasteiger partial charge in [0, 0.05) is 50.1 Å². The second-order valence-electron chi connectivity index (χ2n) is 7.48. The summed E-state index contributed by atoms with van der Waals surface area (Å²) in [4.78, 5) is 25.3. The molecule has 0 aliphatic carbocycles. The van der Waals surface area contributed by atoms with Crippen LogP contribution in [0.5, 0.6) is 0 Å². The maximum absolute atomic E-state index is 13.1. The van der Waals surface area contributed by atoms with E-state index in [9.17, 15) is 14.9 Å². The van der Waals surface area contributed by atoms with Gasteiger partial charge in [0.25, 0.3) is 11.6 Å². The number of piperidine rings is 1. The lowest BCUT2D eigenvalue weighted by Gasteiger charge is -2.42. The predicted octanol–water partition coefficient (Wildman–Crippen LogP) is 2.19. The Bertz CT molecular complexity index is 841. The fraction of sp³-hybridized carbons (Fsp3) is 0.444. The standard InChI is InChI=1S/C18H23N5O3/c1-18(2)11-22(9-8-15(18)19)17(24)14-10-21(3)20-16(14)12-4-6-13(7-5-12)23(25)26/h4-7,10,15H,8-9,11,19H2,1-3H3. The van der Waals surface area contributed by atoms with Gasteiger partial charge in [-0.25, -0.2) is 0 Å². The number of aryl methyl sites for hydroxylation is 1. The lowest BCUT2D eigenvalue weighted by molar-refractivity contribution is -0.384. The molecule has 2 N–H and O–H groups in total. The van der Waals surface area contributed by atoms with Crippen LogP contribution >= 0.6 is 0 Å². The zero-order valence-corrected chi connectivity index (χ0v) is 15.2. The minimum absolute atomic E-state index is 0.00400. The molecule has 1 aliphatic rings. The van der Waals surface area contributed by atoms with Crippen LogP contribution in [-0.4, -0.2) is 44.6 Å². The fourth-order valence-corrected chi connectivity index (χ4v) is 3.32. The van der Waals surface area contributed by atoms with Crippen molar-refractivity contribution in [2.24, 2.45) is 18.2 Å². The van der Waals surface area contributed by atoms with E-state index in [0.717, 1.165) is 6.42 Å². The van der Waals surface area contributed by atoms with Crippen molar-refractivity contribution >= 4 is 11.6 Å². The van der Waals surface area contributed by atoms with Crippen LogP contribution in [-0.2, 0) is 7.05 Å². The van der Waals surface area contributed by atoms with E-state index < -0.39 is 4.92 Å². The maximum atomic E-state index is 13.1. The number of non-ortho nitro benzene ring substituents is 1. The number of carbonyl (C=O) groups is 1. The number of hydrogen-bond donors (Lipinski definition) is 1. The van der Waals surface area contributed by atoms with Gasteiger partial charge < -0.3 is 10.6 Å². The predicted molar refractivity (Wildman–Crippen MR) is 97.6 cm³/mol. The monoisotopic (exact) mass is 357 g/mol. The molecular weight excluding hydrogens is 334 g/mol. The number of carbonyl (C=O) groups excluding carboxylic acids is 1. The summed E-state index contributed by atoms with van der Waals surface area (Å²) in [5, 5.41) is 15.2. The molecule has 0 bridgehead atoms. The third-order valence-corrected chi connectivity index (χ3v) is 5.01. The van der Waals surface area contributed by atoms with Crippen molar-refractivity contribution in [3.63, 3.8) is 0 Å². The third-order valence-electron chi connectivity index (χ3n) is 5.01. The first-order valence-corrected chi connectivity index (χ1v) is 8.52. The van der Waals surface area contributed by atoms with Crippen LogP contribution in [0, 0.1) is 15.5 Å². The molecule has 1 aromatic heterocycles. The molecule has 1 unspecified atom stereocenters. The quantitative estimate of drug-likeness (QED) is 0.669. The number of nitro benzene ring substituents is 1. The van der Waals surface area contributed by atoms with Gasteiger partial charge in [0.15, 0.2) is 0 Å². The number of rotatable bonds is 3. The van der Waals surface area contributed by atoms with Gasteiger partial charge in [0.2, 0.25) is 0 Å². The molecule has 0 saturated carbocycles. The number of hydrogen-bond acceptors (Lipinski definition) is 5. The molecule has 0 spiro atoms. The van der Waals surface area contributed by atoms with Crippen molar-refractivity contribution in [2.45, 2.75) is 26.3 Å². The third kappa shape index (κ3) is 3.32. The topological polar surface area (TPSA) is 107 Å². The van der Waals surface area contributed by atoms with Gasteiger partial charge in [-0.3, -0.25) is 19.6 Å². The second kappa shape index (κ2) is 6.53. The molecule has 8 heteroatoms. The Hall–Kier alpha value is -2.74. The Morgan fingerprint density at radius 1 is 1.35 bits per heavy atom. The van der Waals surface area contributed by atoms with Crippen LogP contribution < -0.4 is 5.73 Å². The molecule has 1 amide bonds. The van der Waals surface area contributed by atoms with E-state index in [4.69, 9.17) is 5.73 Å². The summed E-state index contributed by atoms with van der Waals surface area (Å²) >= 11 is 0. The van der Waals surface area contributed by atoms with Gasteiger partial charge >= 0.3 is 0 Å². The largest absolute Gasteiger partial charge is 0.338 e. The van der Waals surface area contributed by atoms with Gasteiger partial charge in [-0.05, 0) is 24.0 Å². The minimum Gasteiger partial charge on any atom is -0.338 e. The van der Waals surface area contributed by atoms with E-state index in [0.29, 0.717) is 29.9 Å². The highest BCUT2D eigenvalue weighted by Crippen LogP contribution is 2.31. The molecule has 26 heavy (non-hydrogen) atoms. The van der Waals surface area contributed by atoms with Crippen molar-refractivity contribution in [3.05, 3.63) is 46.1 Å². The molecule has 8 nitrogen and oxygen atoms in total. The highest BCUT2D eigenvalue weighted by molar-refractivity contribution is 6.00. The number of amides is 1. The van der Waals surface area contributed by atoms with Crippen molar-refractivity contribution in [3.8, 4) is 11.3 Å². The molecular formula is C18H23N5O3. The Labute approximate surface area is 151 Å². The SMILES string of the molecule is Cn1cc(C(=O)N2CCC(N)C(C)(C)C2)c(-c2ccc([N+](=O)[O-])cc2)n1. The summed E-state index contributed by atoms with van der Waals surface area (Å²) < 4.78 is 1.59. The molecule has 138 valence electrons. The number of likely N-dealkylation sites (tertiary alicyclic amines) is 1. The van der Waals surface area contributed by atoms with Gasteiger partial charge in [0.1, 0.15) is 5.69 Å². The first-order chi connectivity index (χ1) is 12.2. The summed E-state index contributed by atoms with van der Waals surface area (Å²) in [6.07, 6.45) is 2.45. The fourth-order valence-electron chi connectivity index (χ4n) is 3.32. The second-order valence-corrected chi connectivity index (χ2v) is 7.48. The normalized spacial score (nSPS) is 19.4. The van der Waals surface area contributed by atoms with Gasteiger partial charge in [0.05, 0.1) is 10.5 Å². The van der Waals surface area contributed by atoms with Gasteiger partial charge in [-0.1, -0.05) is 13.8 Å². The highest BCUT2D eigenvalue weighted by atomic mass is 16.6. The first-order valence-electron chi connectivity index (χ1n) is 8.52. The molecule has 1 atom stereocenters. The lowest BCUT2D eigenvalue weighted by atomic mass is 9.79. The van der Waals surface area contributed by atoms with Crippen LogP contribution in [0.4, 0.5) is 5.69 Å². The Kier molecular flexibility index (Phi) is 4.53. The smallest absolute Gasteiger partial charge is 0.269 e. The van der Waals surface area contributed by atoms with E-state index in [1.165, 1.54) is 12.1 Å². The maximum Gasteiger partial charge on any atom is 0.269 e. The molecule has 1 saturated heterocycles. The van der Waals surface area contributed by atoms with Crippen LogP contribution in [0.3, 0.4) is 0 Å². The van der Waals surface area contributed by atoms with Crippen LogP contribution in [0.25, 0.3) is 11.3 Å². The molecule has 0 radical (unpaired) electrons. The van der Waals surface area contributed by atoms with E-state index in [-0.39, 0.29) is 23.1 Å². The molecule has 2 aromatic rings. The van der Waals surface area contributed by atoms with E-state index in [1.807, 2.05) is 4.90 Å². The van der Waals surface area contributed by atoms with Crippen molar-refractivity contribution < 1.29 is 9.72 Å². The van der Waals surface area contributed by atoms with Gasteiger partial charge in [-0.2, -0.15) is 5.10 Å². The van der Waals surface area contributed by atoms with Crippen LogP contribution in [0.1, 0.15) is 30.6 Å². The molecule has 3 rings (SSSR count). The zero-order valence-electron chi connectivity index (χ0n) is 15.2. The van der Waals surface area contributed by atoms with E-state index >= 15 is 0 Å². The summed E-state index contributed by atoms with van der Waals surface area (Å²) in [6, 6.07) is 6.14. The molecule has 1 aromatic carbocycles. The number of aromatic nitrogens is 2. The van der Waals surface area contributed by atoms with Gasteiger partial charge in [-0.15, -0.1) is 0 Å². The van der Waals surface area contributed by atoms with Crippen molar-refractivity contribution in [1.29, 1.82) is 0 Å². The molecule has 1 fully saturated rings. The first kappa shape index (κ1) is 18.1. The number of nitrogens with zero attached hydrogens (tertiary/aromatic N) is 4. The minimum atomic E-state index is -0.451. The van der Waals surface area contributed by atoms with Crippen molar-refractivity contribution in [1.82, 2.24) is 14.7 Å². The zero-order chi connectivity index (χ0) is 19.1. The highest BCUT2D eigenvalue weighted by Gasteiger charge is 2.36. The summed E-state index contributed by atoms with van der Waals surface area (Å²) in [5.41, 5.74) is 7.72. The average Bonchev–Trinajstić information content (AvgIpc) is 2.98. The summed E-state index contributed by atoms with van der Waals surface area (Å²) in [7, 11) is 1.75. The number of nitrogens with two attached hydrogens (primary N) is 1. The molecule has 2 heterocycles. The van der Waals surface area contributed by atoms with Crippen LogP contribution in [0.2, 0.25) is 0 Å².